The Morgan fingerprint density at radius 3 is 2.47 bits per heavy atom. The van der Waals surface area contributed by atoms with Gasteiger partial charge in [0, 0.05) is 12.7 Å². The summed E-state index contributed by atoms with van der Waals surface area (Å²) in [6, 6.07) is 9.74. The minimum absolute atomic E-state index is 0.111. The second-order valence-corrected chi connectivity index (χ2v) is 4.88. The molecule has 0 saturated heterocycles. The summed E-state index contributed by atoms with van der Waals surface area (Å²) in [5.74, 6) is 0.111. The number of hydrogen-bond donors (Lipinski definition) is 1. The zero-order valence-corrected chi connectivity index (χ0v) is 12.2. The molecule has 0 heterocycles. The van der Waals surface area contributed by atoms with Crippen molar-refractivity contribution >= 4 is 11.6 Å². The van der Waals surface area contributed by atoms with Gasteiger partial charge in [0.1, 0.15) is 0 Å². The van der Waals surface area contributed by atoms with Gasteiger partial charge in [0.25, 0.3) is 0 Å². The van der Waals surface area contributed by atoms with E-state index in [4.69, 9.17) is 0 Å². The topological polar surface area (TPSA) is 32.3 Å². The maximum Gasteiger partial charge on any atom is 0.240 e. The maximum absolute atomic E-state index is 11.9. The first-order chi connectivity index (χ1) is 9.25. The summed E-state index contributed by atoms with van der Waals surface area (Å²) >= 11 is 0. The van der Waals surface area contributed by atoms with Crippen LogP contribution in [-0.2, 0) is 4.79 Å². The first-order valence-corrected chi connectivity index (χ1v) is 7.28. The van der Waals surface area contributed by atoms with Gasteiger partial charge in [-0.25, -0.2) is 0 Å². The van der Waals surface area contributed by atoms with Gasteiger partial charge in [0.15, 0.2) is 0 Å². The standard InChI is InChI=1S/C16H26N2O/c1-3-4-5-6-10-13-17-14-16(19)18(2)15-11-8-7-9-12-15/h7-9,11-12,17H,3-6,10,13-14H2,1-2H3. The second-order valence-electron chi connectivity index (χ2n) is 4.88. The average molecular weight is 262 g/mol. The van der Waals surface area contributed by atoms with Crippen molar-refractivity contribution in [2.75, 3.05) is 25.0 Å². The molecule has 0 atom stereocenters. The van der Waals surface area contributed by atoms with E-state index >= 15 is 0 Å². The Labute approximate surface area is 117 Å². The molecule has 1 N–H and O–H groups in total. The van der Waals surface area contributed by atoms with Gasteiger partial charge in [-0.3, -0.25) is 4.79 Å². The van der Waals surface area contributed by atoms with E-state index in [0.29, 0.717) is 6.54 Å². The van der Waals surface area contributed by atoms with E-state index in [1.165, 1.54) is 25.7 Å². The highest BCUT2D eigenvalue weighted by atomic mass is 16.2. The van der Waals surface area contributed by atoms with Crippen LogP contribution >= 0.6 is 0 Å². The van der Waals surface area contributed by atoms with E-state index in [0.717, 1.165) is 18.7 Å². The molecule has 1 aromatic rings. The number of carbonyl (C=O) groups excluding carboxylic acids is 1. The molecule has 0 saturated carbocycles. The molecule has 0 aliphatic rings. The zero-order valence-electron chi connectivity index (χ0n) is 12.2. The number of unbranched alkanes of at least 4 members (excludes halogenated alkanes) is 4. The van der Waals surface area contributed by atoms with Crippen molar-refractivity contribution in [3.8, 4) is 0 Å². The Bertz CT molecular complexity index is 351. The molecule has 0 unspecified atom stereocenters. The highest BCUT2D eigenvalue weighted by Gasteiger charge is 2.09. The van der Waals surface area contributed by atoms with Crippen molar-refractivity contribution in [3.05, 3.63) is 30.3 Å². The Hall–Kier alpha value is -1.35. The minimum atomic E-state index is 0.111. The number of anilines is 1. The van der Waals surface area contributed by atoms with Crippen LogP contribution in [-0.4, -0.2) is 26.0 Å². The zero-order chi connectivity index (χ0) is 13.9. The molecule has 0 bridgehead atoms. The largest absolute Gasteiger partial charge is 0.314 e. The van der Waals surface area contributed by atoms with Crippen LogP contribution in [0.5, 0.6) is 0 Å². The quantitative estimate of drug-likeness (QED) is 0.693. The lowest BCUT2D eigenvalue weighted by Crippen LogP contribution is -2.35. The molecule has 106 valence electrons. The van der Waals surface area contributed by atoms with Gasteiger partial charge in [-0.1, -0.05) is 50.8 Å². The van der Waals surface area contributed by atoms with Gasteiger partial charge in [0.2, 0.25) is 5.91 Å². The molecular formula is C16H26N2O. The summed E-state index contributed by atoms with van der Waals surface area (Å²) in [7, 11) is 1.82. The molecule has 0 aromatic heterocycles. The van der Waals surface area contributed by atoms with E-state index in [1.54, 1.807) is 4.90 Å². The number of carbonyl (C=O) groups is 1. The average Bonchev–Trinajstić information content (AvgIpc) is 2.46. The molecule has 1 amide bonds. The summed E-state index contributed by atoms with van der Waals surface area (Å²) in [5.41, 5.74) is 0.942. The van der Waals surface area contributed by atoms with Crippen LogP contribution in [0.15, 0.2) is 30.3 Å². The molecule has 19 heavy (non-hydrogen) atoms. The van der Waals surface area contributed by atoms with Crippen LogP contribution in [0.2, 0.25) is 0 Å². The molecule has 0 spiro atoms. The smallest absolute Gasteiger partial charge is 0.240 e. The maximum atomic E-state index is 11.9. The summed E-state index contributed by atoms with van der Waals surface area (Å²) < 4.78 is 0. The van der Waals surface area contributed by atoms with Crippen LogP contribution in [0.4, 0.5) is 5.69 Å². The SMILES string of the molecule is CCCCCCCNCC(=O)N(C)c1ccccc1. The third-order valence-electron chi connectivity index (χ3n) is 3.25. The van der Waals surface area contributed by atoms with E-state index < -0.39 is 0 Å². The second kappa shape index (κ2) is 9.56. The normalized spacial score (nSPS) is 10.4. The third kappa shape index (κ3) is 6.39. The predicted molar refractivity (Wildman–Crippen MR) is 81.5 cm³/mol. The van der Waals surface area contributed by atoms with Gasteiger partial charge < -0.3 is 10.2 Å². The van der Waals surface area contributed by atoms with Crippen LogP contribution < -0.4 is 10.2 Å². The lowest BCUT2D eigenvalue weighted by Gasteiger charge is -2.17. The predicted octanol–water partition coefficient (Wildman–Crippen LogP) is 3.21. The van der Waals surface area contributed by atoms with Gasteiger partial charge in [0.05, 0.1) is 6.54 Å². The van der Waals surface area contributed by atoms with E-state index in [-0.39, 0.29) is 5.91 Å². The number of nitrogens with zero attached hydrogens (tertiary/aromatic N) is 1. The fraction of sp³-hybridized carbons (Fsp3) is 0.562. The molecule has 1 rings (SSSR count). The highest BCUT2D eigenvalue weighted by Crippen LogP contribution is 2.10. The van der Waals surface area contributed by atoms with Crippen molar-refractivity contribution in [2.24, 2.45) is 0 Å². The van der Waals surface area contributed by atoms with Crippen LogP contribution in [0, 0.1) is 0 Å². The first-order valence-electron chi connectivity index (χ1n) is 7.28. The summed E-state index contributed by atoms with van der Waals surface area (Å²) in [6.45, 7) is 3.56. The molecule has 1 aromatic carbocycles. The lowest BCUT2D eigenvalue weighted by molar-refractivity contribution is -0.117. The summed E-state index contributed by atoms with van der Waals surface area (Å²) in [4.78, 5) is 13.6. The number of amides is 1. The highest BCUT2D eigenvalue weighted by molar-refractivity contribution is 5.94. The number of likely N-dealkylation sites (N-methyl/N-ethyl adjacent to an activating group) is 1. The van der Waals surface area contributed by atoms with Crippen LogP contribution in [0.3, 0.4) is 0 Å². The number of rotatable bonds is 9. The Morgan fingerprint density at radius 1 is 1.11 bits per heavy atom. The molecule has 3 nitrogen and oxygen atoms in total. The molecule has 0 fully saturated rings. The third-order valence-corrected chi connectivity index (χ3v) is 3.25. The van der Waals surface area contributed by atoms with Gasteiger partial charge in [-0.05, 0) is 25.1 Å². The molecular weight excluding hydrogens is 236 g/mol. The number of nitrogens with one attached hydrogen (secondary N) is 1. The van der Waals surface area contributed by atoms with E-state index in [1.807, 2.05) is 37.4 Å². The van der Waals surface area contributed by atoms with Crippen molar-refractivity contribution in [2.45, 2.75) is 39.0 Å². The Kier molecular flexibility index (Phi) is 7.91. The number of para-hydroxylation sites is 1. The van der Waals surface area contributed by atoms with Crippen molar-refractivity contribution in [1.82, 2.24) is 5.32 Å². The Balaban J connectivity index is 2.14. The van der Waals surface area contributed by atoms with Crippen molar-refractivity contribution < 1.29 is 4.79 Å². The molecule has 0 aliphatic heterocycles. The van der Waals surface area contributed by atoms with Gasteiger partial charge in [-0.15, -0.1) is 0 Å². The molecule has 0 radical (unpaired) electrons. The molecule has 3 heteroatoms. The molecule has 0 aliphatic carbocycles. The Morgan fingerprint density at radius 2 is 1.79 bits per heavy atom. The van der Waals surface area contributed by atoms with Gasteiger partial charge >= 0.3 is 0 Å². The van der Waals surface area contributed by atoms with Crippen LogP contribution in [0.1, 0.15) is 39.0 Å². The minimum Gasteiger partial charge on any atom is -0.314 e. The number of benzene rings is 1. The van der Waals surface area contributed by atoms with Crippen molar-refractivity contribution in [1.29, 1.82) is 0 Å². The summed E-state index contributed by atoms with van der Waals surface area (Å²) in [6.07, 6.45) is 6.30. The van der Waals surface area contributed by atoms with Crippen molar-refractivity contribution in [3.63, 3.8) is 0 Å². The van der Waals surface area contributed by atoms with Gasteiger partial charge in [-0.2, -0.15) is 0 Å². The van der Waals surface area contributed by atoms with E-state index in [9.17, 15) is 4.79 Å². The first kappa shape index (κ1) is 15.7. The van der Waals surface area contributed by atoms with E-state index in [2.05, 4.69) is 12.2 Å². The summed E-state index contributed by atoms with van der Waals surface area (Å²) in [5, 5.41) is 3.22. The number of hydrogen-bond acceptors (Lipinski definition) is 2. The fourth-order valence-electron chi connectivity index (χ4n) is 1.96. The monoisotopic (exact) mass is 262 g/mol. The fourth-order valence-corrected chi connectivity index (χ4v) is 1.96. The lowest BCUT2D eigenvalue weighted by atomic mass is 10.1. The van der Waals surface area contributed by atoms with Crippen LogP contribution in [0.25, 0.3) is 0 Å².